The van der Waals surface area contributed by atoms with E-state index in [0.29, 0.717) is 58.0 Å². The maximum absolute atomic E-state index is 13.4. The Hall–Kier alpha value is -4.44. The normalized spacial score (nSPS) is 13.5. The van der Waals surface area contributed by atoms with Crippen LogP contribution < -0.4 is 30.0 Å². The summed E-state index contributed by atoms with van der Waals surface area (Å²) in [6, 6.07) is 7.33. The van der Waals surface area contributed by atoms with E-state index in [2.05, 4.69) is 10.3 Å². The van der Waals surface area contributed by atoms with E-state index >= 15 is 0 Å². The van der Waals surface area contributed by atoms with Crippen LogP contribution in [0, 0.1) is 0 Å². The van der Waals surface area contributed by atoms with Crippen molar-refractivity contribution >= 4 is 44.8 Å². The molecule has 1 aliphatic rings. The fourth-order valence-electron chi connectivity index (χ4n) is 5.05. The van der Waals surface area contributed by atoms with Crippen LogP contribution in [0.1, 0.15) is 17.5 Å². The number of benzene rings is 2. The van der Waals surface area contributed by atoms with Gasteiger partial charge in [-0.3, -0.25) is 14.9 Å². The number of aryl methyl sites for hydroxylation is 1. The fourth-order valence-corrected chi connectivity index (χ4v) is 5.05. The molecule has 0 fully saturated rings. The number of ether oxygens (including phenoxy) is 4. The number of aromatic nitrogens is 2. The van der Waals surface area contributed by atoms with Crippen molar-refractivity contribution in [2.45, 2.75) is 13.0 Å². The van der Waals surface area contributed by atoms with Crippen LogP contribution in [0.15, 0.2) is 36.7 Å². The van der Waals surface area contributed by atoms with E-state index < -0.39 is 11.8 Å². The van der Waals surface area contributed by atoms with Gasteiger partial charge in [-0.25, -0.2) is 0 Å². The largest absolute Gasteiger partial charge is 0.493 e. The van der Waals surface area contributed by atoms with Crippen LogP contribution in [-0.2, 0) is 16.1 Å². The Morgan fingerprint density at radius 2 is 1.43 bits per heavy atom. The van der Waals surface area contributed by atoms with E-state index in [1.807, 2.05) is 29.0 Å². The van der Waals surface area contributed by atoms with Crippen molar-refractivity contribution in [3.63, 3.8) is 0 Å². The van der Waals surface area contributed by atoms with Gasteiger partial charge in [-0.2, -0.15) is 0 Å². The maximum atomic E-state index is 13.4. The third kappa shape index (κ3) is 3.68. The summed E-state index contributed by atoms with van der Waals surface area (Å²) in [6.07, 6.45) is 4.29. The maximum Gasteiger partial charge on any atom is 0.259 e. The summed E-state index contributed by atoms with van der Waals surface area (Å²) in [7, 11) is 6.18. The van der Waals surface area contributed by atoms with E-state index in [1.54, 1.807) is 33.6 Å². The van der Waals surface area contributed by atoms with Crippen molar-refractivity contribution in [3.8, 4) is 23.0 Å². The number of nitrogens with two attached hydrogens (primary N) is 1. The van der Waals surface area contributed by atoms with Gasteiger partial charge >= 0.3 is 0 Å². The zero-order chi connectivity index (χ0) is 26.3. The molecule has 0 saturated heterocycles. The molecule has 10 nitrogen and oxygen atoms in total. The van der Waals surface area contributed by atoms with E-state index in [9.17, 15) is 9.59 Å². The van der Waals surface area contributed by atoms with Gasteiger partial charge in [-0.15, -0.1) is 0 Å². The summed E-state index contributed by atoms with van der Waals surface area (Å²) in [5, 5.41) is 3.78. The van der Waals surface area contributed by atoms with Crippen LogP contribution in [0.2, 0.25) is 0 Å². The molecule has 4 aromatic rings. The minimum atomic E-state index is -0.504. The number of fused-ring (bicyclic) bond motifs is 2. The summed E-state index contributed by atoms with van der Waals surface area (Å²) in [5.74, 6) is 0.943. The lowest BCUT2D eigenvalue weighted by Gasteiger charge is -2.12. The predicted octanol–water partition coefficient (Wildman–Crippen LogP) is 3.07. The number of amides is 2. The molecule has 5 rings (SSSR count). The summed E-state index contributed by atoms with van der Waals surface area (Å²) >= 11 is 0. The molecule has 2 amide bonds. The Kier molecular flexibility index (Phi) is 6.26. The average molecular weight is 505 g/mol. The van der Waals surface area contributed by atoms with Gasteiger partial charge in [0.1, 0.15) is 0 Å². The number of carbonyl (C=O) groups is 2. The molecule has 0 unspecified atom stereocenters. The molecule has 192 valence electrons. The second-order valence-electron chi connectivity index (χ2n) is 8.53. The first-order valence-corrected chi connectivity index (χ1v) is 11.8. The zero-order valence-corrected chi connectivity index (χ0v) is 21.1. The van der Waals surface area contributed by atoms with Crippen LogP contribution in [0.5, 0.6) is 23.0 Å². The quantitative estimate of drug-likeness (QED) is 0.299. The monoisotopic (exact) mass is 504 g/mol. The predicted molar refractivity (Wildman–Crippen MR) is 140 cm³/mol. The summed E-state index contributed by atoms with van der Waals surface area (Å²) in [4.78, 5) is 29.9. The number of hydrogen-bond donors (Lipinski definition) is 3. The van der Waals surface area contributed by atoms with Gasteiger partial charge in [0, 0.05) is 30.1 Å². The number of aromatic amines is 1. The molecule has 0 radical (unpaired) electrons. The molecule has 3 heterocycles. The molecule has 0 atom stereocenters. The van der Waals surface area contributed by atoms with Gasteiger partial charge in [0.25, 0.3) is 11.8 Å². The van der Waals surface area contributed by atoms with Crippen molar-refractivity contribution in [1.82, 2.24) is 14.9 Å². The van der Waals surface area contributed by atoms with Crippen molar-refractivity contribution in [2.75, 3.05) is 35.0 Å². The number of nitrogens with one attached hydrogen (secondary N) is 2. The Bertz CT molecular complexity index is 1580. The molecule has 0 spiro atoms. The first-order valence-electron chi connectivity index (χ1n) is 11.8. The van der Waals surface area contributed by atoms with Crippen molar-refractivity contribution in [1.29, 1.82) is 0 Å². The van der Waals surface area contributed by atoms with Crippen molar-refractivity contribution in [3.05, 3.63) is 47.8 Å². The number of hydrogen-bond acceptors (Lipinski definition) is 7. The Balaban J connectivity index is 1.88. The molecule has 2 aromatic heterocycles. The van der Waals surface area contributed by atoms with E-state index in [-0.39, 0.29) is 11.1 Å². The molecule has 0 bridgehead atoms. The van der Waals surface area contributed by atoms with E-state index in [1.165, 1.54) is 7.11 Å². The van der Waals surface area contributed by atoms with E-state index in [0.717, 1.165) is 17.5 Å². The highest BCUT2D eigenvalue weighted by molar-refractivity contribution is 6.51. The molecule has 0 saturated carbocycles. The summed E-state index contributed by atoms with van der Waals surface area (Å²) in [5.41, 5.74) is 8.88. The lowest BCUT2D eigenvalue weighted by atomic mass is 9.95. The number of carbonyl (C=O) groups excluding carboxylic acids is 2. The molecule has 37 heavy (non-hydrogen) atoms. The molecular formula is C27H28N4O6. The summed E-state index contributed by atoms with van der Waals surface area (Å²) < 4.78 is 24.4. The second kappa shape index (κ2) is 9.55. The smallest absolute Gasteiger partial charge is 0.259 e. The number of rotatable bonds is 9. The summed E-state index contributed by atoms with van der Waals surface area (Å²) in [6.45, 7) is 1.13. The fraction of sp³-hybridized carbons (Fsp3) is 0.259. The third-order valence-electron chi connectivity index (χ3n) is 6.65. The Labute approximate surface area is 212 Å². The Morgan fingerprint density at radius 1 is 0.811 bits per heavy atom. The van der Waals surface area contributed by atoms with Gasteiger partial charge < -0.3 is 34.2 Å². The highest BCUT2D eigenvalue weighted by atomic mass is 16.5. The number of methoxy groups -OCH3 is 4. The molecule has 1 aliphatic heterocycles. The first-order chi connectivity index (χ1) is 18.0. The van der Waals surface area contributed by atoms with Gasteiger partial charge in [0.15, 0.2) is 23.0 Å². The topological polar surface area (TPSA) is 130 Å². The number of nitrogens with zero attached hydrogens (tertiary/aromatic N) is 1. The van der Waals surface area contributed by atoms with Gasteiger partial charge in [-0.05, 0) is 37.2 Å². The molecule has 10 heteroatoms. The SMILES string of the molecule is COc1ccc2[nH]cc(C3=C(c4cn(CCCN)c5ccc(OC)c(OC)c45)C(=O)NC3=O)c2c1OC. The zero-order valence-electron chi connectivity index (χ0n) is 21.1. The molecule has 2 aromatic carbocycles. The molecular weight excluding hydrogens is 476 g/mol. The molecule has 0 aliphatic carbocycles. The van der Waals surface area contributed by atoms with Crippen LogP contribution in [-0.4, -0.2) is 56.3 Å². The lowest BCUT2D eigenvalue weighted by Crippen LogP contribution is -2.22. The van der Waals surface area contributed by atoms with E-state index in [4.69, 9.17) is 24.7 Å². The number of H-pyrrole nitrogens is 1. The highest BCUT2D eigenvalue weighted by Gasteiger charge is 2.36. The second-order valence-corrected chi connectivity index (χ2v) is 8.53. The van der Waals surface area contributed by atoms with Crippen LogP contribution in [0.3, 0.4) is 0 Å². The Morgan fingerprint density at radius 3 is 2.05 bits per heavy atom. The van der Waals surface area contributed by atoms with Crippen LogP contribution >= 0.6 is 0 Å². The number of imide groups is 1. The third-order valence-corrected chi connectivity index (χ3v) is 6.65. The minimum Gasteiger partial charge on any atom is -0.493 e. The van der Waals surface area contributed by atoms with Gasteiger partial charge in [0.2, 0.25) is 0 Å². The van der Waals surface area contributed by atoms with Crippen LogP contribution in [0.25, 0.3) is 33.0 Å². The average Bonchev–Trinajstić information content (AvgIpc) is 3.58. The standard InChI is InChI=1S/C27H28N4O6/c1-34-18-8-6-16-20(24(18)36-3)14(12-29-16)22-23(27(33)30-26(22)32)15-13-31(11-5-10-28)17-7-9-19(35-2)25(37-4)21(15)17/h6-9,12-13,29H,5,10-11,28H2,1-4H3,(H,30,32,33). The minimum absolute atomic E-state index is 0.227. The van der Waals surface area contributed by atoms with Gasteiger partial charge in [0.05, 0.1) is 61.4 Å². The van der Waals surface area contributed by atoms with Crippen molar-refractivity contribution < 1.29 is 28.5 Å². The molecule has 4 N–H and O–H groups in total. The lowest BCUT2D eigenvalue weighted by molar-refractivity contribution is -0.122. The first kappa shape index (κ1) is 24.3. The highest BCUT2D eigenvalue weighted by Crippen LogP contribution is 2.46. The van der Waals surface area contributed by atoms with Crippen molar-refractivity contribution in [2.24, 2.45) is 5.73 Å². The van der Waals surface area contributed by atoms with Gasteiger partial charge in [-0.1, -0.05) is 0 Å². The van der Waals surface area contributed by atoms with Crippen LogP contribution in [0.4, 0.5) is 0 Å².